The topological polar surface area (TPSA) is 192 Å². The second kappa shape index (κ2) is 19.3. The summed E-state index contributed by atoms with van der Waals surface area (Å²) in [5.74, 6) is -0.0632. The third-order valence-electron chi connectivity index (χ3n) is 9.74. The number of benzene rings is 4. The Balaban J connectivity index is 0.941. The number of phenolic OH excluding ortho intramolecular Hbond substituents is 1. The first-order valence-corrected chi connectivity index (χ1v) is 19.9. The van der Waals surface area contributed by atoms with Crippen LogP contribution < -0.4 is 32.0 Å². The molecule has 0 bridgehead atoms. The highest BCUT2D eigenvalue weighted by atomic mass is 32.2. The van der Waals surface area contributed by atoms with Crippen molar-refractivity contribution in [1.29, 1.82) is 0 Å². The zero-order valence-corrected chi connectivity index (χ0v) is 32.9. The average Bonchev–Trinajstić information content (AvgIpc) is 3.20. The molecule has 2 heterocycles. The van der Waals surface area contributed by atoms with Gasteiger partial charge in [0.25, 0.3) is 11.8 Å². The number of hydrogen-bond acceptors (Lipinski definition) is 10. The fourth-order valence-electron chi connectivity index (χ4n) is 6.79. The molecule has 2 aromatic heterocycles. The summed E-state index contributed by atoms with van der Waals surface area (Å²) in [7, 11) is 1.60. The number of carbonyl (C=O) groups excluding carboxylic acids is 2. The molecular formula is C44H48N6O6S. The molecule has 8 N–H and O–H groups in total. The predicted molar refractivity (Wildman–Crippen MR) is 226 cm³/mol. The van der Waals surface area contributed by atoms with Crippen LogP contribution in [0.25, 0.3) is 21.8 Å². The number of hydrogen-bond donors (Lipinski definition) is 7. The van der Waals surface area contributed by atoms with Gasteiger partial charge in [-0.2, -0.15) is 0 Å². The Morgan fingerprint density at radius 3 is 2.46 bits per heavy atom. The maximum Gasteiger partial charge on any atom is 0.252 e. The molecule has 57 heavy (non-hydrogen) atoms. The fourth-order valence-corrected chi connectivity index (χ4v) is 7.81. The van der Waals surface area contributed by atoms with Crippen LogP contribution in [0.4, 0.5) is 11.4 Å². The number of H-pyrrole nitrogens is 1. The van der Waals surface area contributed by atoms with Crippen LogP contribution in [0.5, 0.6) is 11.5 Å². The lowest BCUT2D eigenvalue weighted by Gasteiger charge is -2.16. The number of ether oxygens (including phenoxy) is 1. The zero-order chi connectivity index (χ0) is 40.3. The largest absolute Gasteiger partial charge is 0.506 e. The van der Waals surface area contributed by atoms with Crippen LogP contribution in [0, 0.1) is 6.92 Å². The molecule has 0 spiro atoms. The quantitative estimate of drug-likeness (QED) is 0.0405. The standard InChI is InChI=1S/C44H48N6O6S/c1-27-21-32(24-35-40(27)48-25-36(43(45)54)41(35)49-29-12-10-13-30(23-29)56-2)57-31-14-9-11-28(22-31)44(55)47-20-8-6-4-3-5-7-19-46-26-38(52)33-15-17-37(51)42-34(33)16-18-39(53)50-42/h9-18,21-25,38,46,51-52H,3-8,19-20,26H2,1-2H3,(H2,45,54)(H,47,55)(H,48,49)(H,50,53)/t38-/m1/s1. The molecule has 1 atom stereocenters. The van der Waals surface area contributed by atoms with Crippen molar-refractivity contribution in [2.75, 3.05) is 32.1 Å². The van der Waals surface area contributed by atoms with Gasteiger partial charge in [0, 0.05) is 63.2 Å². The molecule has 0 fully saturated rings. The van der Waals surface area contributed by atoms with Crippen LogP contribution in [-0.4, -0.2) is 58.7 Å². The second-order valence-electron chi connectivity index (χ2n) is 13.9. The molecule has 0 radical (unpaired) electrons. The van der Waals surface area contributed by atoms with E-state index in [0.717, 1.165) is 77.0 Å². The number of unbranched alkanes of at least 4 members (excludes halogenated alkanes) is 5. The van der Waals surface area contributed by atoms with Gasteiger partial charge < -0.3 is 41.6 Å². The van der Waals surface area contributed by atoms with E-state index in [0.29, 0.717) is 46.6 Å². The minimum Gasteiger partial charge on any atom is -0.506 e. The number of carbonyl (C=O) groups is 2. The van der Waals surface area contributed by atoms with E-state index < -0.39 is 12.0 Å². The van der Waals surface area contributed by atoms with Crippen molar-refractivity contribution in [3.63, 3.8) is 0 Å². The number of amides is 2. The maximum absolute atomic E-state index is 13.1. The number of primary amides is 1. The number of anilines is 2. The molecule has 0 saturated heterocycles. The Bertz CT molecular complexity index is 2440. The van der Waals surface area contributed by atoms with Crippen molar-refractivity contribution in [3.8, 4) is 11.5 Å². The number of nitrogens with one attached hydrogen (secondary N) is 4. The van der Waals surface area contributed by atoms with Gasteiger partial charge in [0.2, 0.25) is 5.56 Å². The predicted octanol–water partition coefficient (Wildman–Crippen LogP) is 7.49. The molecule has 0 aliphatic heterocycles. The Morgan fingerprint density at radius 1 is 0.895 bits per heavy atom. The number of aliphatic hydroxyl groups is 1. The number of methoxy groups -OCH3 is 1. The SMILES string of the molecule is COc1cccc(Nc2c(C(N)=O)cnc3c(C)cc(Sc4cccc(C(=O)NCCCCCCCCNC[C@@H](O)c5ccc(O)c6[nH]c(=O)ccc56)c4)cc23)c1. The number of phenols is 1. The number of nitrogens with zero attached hydrogens (tertiary/aromatic N) is 1. The van der Waals surface area contributed by atoms with Crippen LogP contribution in [0.15, 0.2) is 106 Å². The number of aliphatic hydroxyl groups excluding tert-OH is 1. The lowest BCUT2D eigenvalue weighted by Crippen LogP contribution is -2.24. The Labute approximate surface area is 335 Å². The van der Waals surface area contributed by atoms with Crippen molar-refractivity contribution in [3.05, 3.63) is 124 Å². The zero-order valence-electron chi connectivity index (χ0n) is 32.1. The summed E-state index contributed by atoms with van der Waals surface area (Å²) in [6.07, 6.45) is 6.82. The van der Waals surface area contributed by atoms with E-state index in [9.17, 15) is 24.6 Å². The number of nitrogens with two attached hydrogens (primary N) is 1. The second-order valence-corrected chi connectivity index (χ2v) is 15.1. The normalized spacial score (nSPS) is 11.8. The highest BCUT2D eigenvalue weighted by Gasteiger charge is 2.17. The highest BCUT2D eigenvalue weighted by Crippen LogP contribution is 2.37. The van der Waals surface area contributed by atoms with Gasteiger partial charge >= 0.3 is 0 Å². The minimum absolute atomic E-state index is 0.0279. The summed E-state index contributed by atoms with van der Waals surface area (Å²) in [6.45, 7) is 3.71. The minimum atomic E-state index is -0.774. The molecule has 0 unspecified atom stereocenters. The molecule has 0 saturated carbocycles. The molecule has 6 rings (SSSR count). The van der Waals surface area contributed by atoms with Crippen molar-refractivity contribution >= 4 is 56.8 Å². The molecule has 4 aromatic carbocycles. The summed E-state index contributed by atoms with van der Waals surface area (Å²) in [6, 6.07) is 25.2. The maximum atomic E-state index is 13.1. The fraction of sp³-hybridized carbons (Fsp3) is 0.273. The van der Waals surface area contributed by atoms with Crippen molar-refractivity contribution in [1.82, 2.24) is 20.6 Å². The van der Waals surface area contributed by atoms with Crippen molar-refractivity contribution in [2.45, 2.75) is 61.3 Å². The van der Waals surface area contributed by atoms with Gasteiger partial charge in [0.15, 0.2) is 0 Å². The first-order chi connectivity index (χ1) is 27.6. The molecular weight excluding hydrogens is 741 g/mol. The molecule has 0 aliphatic rings. The summed E-state index contributed by atoms with van der Waals surface area (Å²) in [5, 5.41) is 31.9. The smallest absolute Gasteiger partial charge is 0.252 e. The summed E-state index contributed by atoms with van der Waals surface area (Å²) in [4.78, 5) is 46.2. The van der Waals surface area contributed by atoms with Gasteiger partial charge in [-0.1, -0.05) is 55.6 Å². The lowest BCUT2D eigenvalue weighted by atomic mass is 10.0. The average molecular weight is 789 g/mol. The van der Waals surface area contributed by atoms with Gasteiger partial charge in [0.05, 0.1) is 35.5 Å². The van der Waals surface area contributed by atoms with Crippen LogP contribution in [0.1, 0.15) is 76.5 Å². The molecule has 296 valence electrons. The molecule has 6 aromatic rings. The number of aromatic nitrogens is 2. The van der Waals surface area contributed by atoms with E-state index in [2.05, 4.69) is 25.9 Å². The molecule has 13 heteroatoms. The van der Waals surface area contributed by atoms with E-state index in [1.165, 1.54) is 30.1 Å². The number of fused-ring (bicyclic) bond motifs is 2. The van der Waals surface area contributed by atoms with Gasteiger partial charge in [-0.25, -0.2) is 0 Å². The number of aromatic hydroxyl groups is 1. The van der Waals surface area contributed by atoms with Gasteiger partial charge in [-0.15, -0.1) is 0 Å². The first-order valence-electron chi connectivity index (χ1n) is 19.1. The summed E-state index contributed by atoms with van der Waals surface area (Å²) < 4.78 is 5.38. The third-order valence-corrected chi connectivity index (χ3v) is 10.7. The van der Waals surface area contributed by atoms with Gasteiger partial charge in [-0.3, -0.25) is 19.4 Å². The Hall–Kier alpha value is -5.89. The van der Waals surface area contributed by atoms with E-state index >= 15 is 0 Å². The van der Waals surface area contributed by atoms with E-state index in [1.807, 2.05) is 67.6 Å². The van der Waals surface area contributed by atoms with E-state index in [4.69, 9.17) is 10.5 Å². The molecule has 0 aliphatic carbocycles. The van der Waals surface area contributed by atoms with Crippen molar-refractivity contribution < 1.29 is 24.5 Å². The number of pyridine rings is 2. The Morgan fingerprint density at radius 2 is 1.67 bits per heavy atom. The number of aromatic amines is 1. The monoisotopic (exact) mass is 788 g/mol. The molecule has 12 nitrogen and oxygen atoms in total. The number of rotatable bonds is 19. The van der Waals surface area contributed by atoms with Gasteiger partial charge in [0.1, 0.15) is 11.5 Å². The van der Waals surface area contributed by atoms with Crippen LogP contribution >= 0.6 is 11.8 Å². The van der Waals surface area contributed by atoms with Crippen molar-refractivity contribution in [2.24, 2.45) is 5.73 Å². The van der Waals surface area contributed by atoms with Crippen LogP contribution in [0.2, 0.25) is 0 Å². The Kier molecular flexibility index (Phi) is 13.8. The van der Waals surface area contributed by atoms with E-state index in [-0.39, 0.29) is 22.8 Å². The summed E-state index contributed by atoms with van der Waals surface area (Å²) >= 11 is 1.52. The lowest BCUT2D eigenvalue weighted by molar-refractivity contribution is 0.0951. The van der Waals surface area contributed by atoms with E-state index in [1.54, 1.807) is 19.2 Å². The summed E-state index contributed by atoms with van der Waals surface area (Å²) in [5.41, 5.74) is 10.3. The first kappa shape index (κ1) is 40.8. The van der Waals surface area contributed by atoms with Gasteiger partial charge in [-0.05, 0) is 92.0 Å². The third kappa shape index (κ3) is 10.5. The highest BCUT2D eigenvalue weighted by molar-refractivity contribution is 7.99. The van der Waals surface area contributed by atoms with Crippen LogP contribution in [-0.2, 0) is 0 Å². The number of aryl methyl sites for hydroxylation is 1. The van der Waals surface area contributed by atoms with Crippen LogP contribution in [0.3, 0.4) is 0 Å². The molecule has 2 amide bonds.